The third-order valence-electron chi connectivity index (χ3n) is 2.69. The van der Waals surface area contributed by atoms with E-state index in [0.29, 0.717) is 12.0 Å². The third kappa shape index (κ3) is 5.28. The number of benzene rings is 1. The molecule has 1 aromatic rings. The largest absolute Gasteiger partial charge is 0.480 e. The van der Waals surface area contributed by atoms with E-state index in [1.807, 2.05) is 13.0 Å². The second-order valence-corrected chi connectivity index (χ2v) is 7.74. The van der Waals surface area contributed by atoms with Crippen molar-refractivity contribution in [3.05, 3.63) is 28.4 Å². The number of amides is 1. The maximum Gasteiger partial charge on any atom is 0.326 e. The minimum absolute atomic E-state index is 0.325. The van der Waals surface area contributed by atoms with Gasteiger partial charge in [-0.05, 0) is 86.3 Å². The van der Waals surface area contributed by atoms with Crippen LogP contribution >= 0.6 is 67.8 Å². The first-order chi connectivity index (χ1) is 9.36. The molecule has 0 aromatic heterocycles. The van der Waals surface area contributed by atoms with E-state index < -0.39 is 12.0 Å². The number of carbonyl (C=O) groups is 2. The summed E-state index contributed by atoms with van der Waals surface area (Å²) in [6, 6.07) is 2.93. The topological polar surface area (TPSA) is 66.4 Å². The van der Waals surface area contributed by atoms with Gasteiger partial charge in [-0.3, -0.25) is 4.79 Å². The lowest BCUT2D eigenvalue weighted by Crippen LogP contribution is -2.41. The molecule has 20 heavy (non-hydrogen) atoms. The fraction of sp³-hybridized carbons (Fsp3) is 0.385. The van der Waals surface area contributed by atoms with E-state index in [4.69, 9.17) is 5.11 Å². The maximum atomic E-state index is 12.3. The van der Waals surface area contributed by atoms with Crippen molar-refractivity contribution in [2.75, 3.05) is 0 Å². The summed E-state index contributed by atoms with van der Waals surface area (Å²) in [6.45, 7) is 1.99. The highest BCUT2D eigenvalue weighted by Gasteiger charge is 2.22. The minimum Gasteiger partial charge on any atom is -0.480 e. The molecule has 110 valence electrons. The van der Waals surface area contributed by atoms with E-state index in [1.165, 1.54) is 0 Å². The molecule has 1 aromatic carbocycles. The lowest BCUT2D eigenvalue weighted by molar-refractivity contribution is -0.139. The van der Waals surface area contributed by atoms with Gasteiger partial charge in [-0.1, -0.05) is 19.8 Å². The van der Waals surface area contributed by atoms with Gasteiger partial charge in [0.05, 0.1) is 5.56 Å². The number of hydrogen-bond donors (Lipinski definition) is 2. The molecular formula is C13H14I3NO3. The minimum atomic E-state index is -0.984. The molecule has 0 saturated heterocycles. The predicted octanol–water partition coefficient (Wildman–Crippen LogP) is 3.87. The van der Waals surface area contributed by atoms with E-state index >= 15 is 0 Å². The summed E-state index contributed by atoms with van der Waals surface area (Å²) in [5, 5.41) is 11.8. The summed E-state index contributed by atoms with van der Waals surface area (Å²) in [7, 11) is 0. The lowest BCUT2D eigenvalue weighted by atomic mass is 10.1. The Kier molecular flexibility index (Phi) is 8.01. The highest BCUT2D eigenvalue weighted by atomic mass is 127. The first kappa shape index (κ1) is 18.4. The summed E-state index contributed by atoms with van der Waals surface area (Å²) < 4.78 is 2.79. The number of nitrogens with one attached hydrogen (secondary N) is 1. The number of rotatable bonds is 6. The van der Waals surface area contributed by atoms with Crippen LogP contribution in [0.4, 0.5) is 0 Å². The van der Waals surface area contributed by atoms with E-state index in [1.54, 1.807) is 6.07 Å². The number of unbranched alkanes of at least 4 members (excludes halogenated alkanes) is 1. The molecule has 0 spiro atoms. The Labute approximate surface area is 158 Å². The van der Waals surface area contributed by atoms with Gasteiger partial charge in [-0.2, -0.15) is 0 Å². The fourth-order valence-corrected chi connectivity index (χ4v) is 4.02. The molecule has 7 heteroatoms. The van der Waals surface area contributed by atoms with Gasteiger partial charge >= 0.3 is 5.97 Å². The van der Waals surface area contributed by atoms with Crippen molar-refractivity contribution in [2.45, 2.75) is 32.2 Å². The monoisotopic (exact) mass is 613 g/mol. The lowest BCUT2D eigenvalue weighted by Gasteiger charge is -2.15. The number of aliphatic carboxylic acids is 1. The summed E-state index contributed by atoms with van der Waals surface area (Å²) in [5.41, 5.74) is 0.532. The second-order valence-electron chi connectivity index (χ2n) is 4.26. The van der Waals surface area contributed by atoms with E-state index in [0.717, 1.165) is 23.6 Å². The normalized spacial score (nSPS) is 12.0. The molecular weight excluding hydrogens is 599 g/mol. The van der Waals surface area contributed by atoms with Gasteiger partial charge in [0.15, 0.2) is 0 Å². The van der Waals surface area contributed by atoms with Gasteiger partial charge < -0.3 is 10.4 Å². The van der Waals surface area contributed by atoms with Gasteiger partial charge in [0.25, 0.3) is 5.91 Å². The van der Waals surface area contributed by atoms with Crippen LogP contribution in [0.5, 0.6) is 0 Å². The van der Waals surface area contributed by atoms with Crippen LogP contribution in [0.2, 0.25) is 0 Å². The number of hydrogen-bond acceptors (Lipinski definition) is 2. The quantitative estimate of drug-likeness (QED) is 0.379. The molecule has 1 amide bonds. The van der Waals surface area contributed by atoms with Gasteiger partial charge in [-0.25, -0.2) is 4.79 Å². The van der Waals surface area contributed by atoms with Gasteiger partial charge in [-0.15, -0.1) is 0 Å². The van der Waals surface area contributed by atoms with Crippen LogP contribution in [0.1, 0.15) is 36.5 Å². The Balaban J connectivity index is 2.92. The molecule has 0 heterocycles. The Hall–Kier alpha value is 0.350. The van der Waals surface area contributed by atoms with Crippen molar-refractivity contribution in [1.29, 1.82) is 0 Å². The highest BCUT2D eigenvalue weighted by molar-refractivity contribution is 14.1. The van der Waals surface area contributed by atoms with E-state index in [9.17, 15) is 9.59 Å². The molecule has 0 aliphatic rings. The molecule has 0 saturated carbocycles. The van der Waals surface area contributed by atoms with Crippen LogP contribution in [0.3, 0.4) is 0 Å². The van der Waals surface area contributed by atoms with Crippen LogP contribution in [-0.2, 0) is 4.79 Å². The Morgan fingerprint density at radius 3 is 2.50 bits per heavy atom. The SMILES string of the molecule is CCCCC(NC(=O)c1cc(I)cc(I)c1I)C(=O)O. The number of carbonyl (C=O) groups excluding carboxylic acids is 1. The zero-order chi connectivity index (χ0) is 15.3. The standard InChI is InChI=1S/C13H14I3NO3/c1-2-3-4-10(13(19)20)17-12(18)8-5-7(14)6-9(15)11(8)16/h5-6,10H,2-4H2,1H3,(H,17,18)(H,19,20). The first-order valence-corrected chi connectivity index (χ1v) is 9.28. The van der Waals surface area contributed by atoms with E-state index in [2.05, 4.69) is 73.1 Å². The number of carboxylic acid groups (broad SMARTS) is 1. The van der Waals surface area contributed by atoms with Crippen LogP contribution in [0.15, 0.2) is 12.1 Å². The predicted molar refractivity (Wildman–Crippen MR) is 103 cm³/mol. The number of halogens is 3. The van der Waals surface area contributed by atoms with Crippen molar-refractivity contribution in [3.63, 3.8) is 0 Å². The first-order valence-electron chi connectivity index (χ1n) is 6.05. The Morgan fingerprint density at radius 2 is 1.95 bits per heavy atom. The summed E-state index contributed by atoms with van der Waals surface area (Å²) in [6.07, 6.45) is 2.13. The van der Waals surface area contributed by atoms with Crippen LogP contribution in [-0.4, -0.2) is 23.0 Å². The average Bonchev–Trinajstić information content (AvgIpc) is 2.38. The molecule has 1 atom stereocenters. The van der Waals surface area contributed by atoms with Gasteiger partial charge in [0, 0.05) is 10.7 Å². The Bertz CT molecular complexity index is 520. The zero-order valence-corrected chi connectivity index (χ0v) is 17.2. The molecule has 0 aliphatic carbocycles. The van der Waals surface area contributed by atoms with E-state index in [-0.39, 0.29) is 5.91 Å². The van der Waals surface area contributed by atoms with Crippen molar-refractivity contribution in [3.8, 4) is 0 Å². The molecule has 1 unspecified atom stereocenters. The second kappa shape index (κ2) is 8.71. The van der Waals surface area contributed by atoms with Crippen molar-refractivity contribution < 1.29 is 14.7 Å². The molecule has 2 N–H and O–H groups in total. The molecule has 0 bridgehead atoms. The van der Waals surface area contributed by atoms with Crippen LogP contribution in [0, 0.1) is 10.7 Å². The molecule has 0 aliphatic heterocycles. The van der Waals surface area contributed by atoms with Crippen LogP contribution < -0.4 is 5.32 Å². The smallest absolute Gasteiger partial charge is 0.326 e. The highest BCUT2D eigenvalue weighted by Crippen LogP contribution is 2.23. The molecule has 4 nitrogen and oxygen atoms in total. The number of carboxylic acids is 1. The average molecular weight is 613 g/mol. The van der Waals surface area contributed by atoms with Crippen molar-refractivity contribution in [1.82, 2.24) is 5.32 Å². The molecule has 0 radical (unpaired) electrons. The molecule has 0 fully saturated rings. The van der Waals surface area contributed by atoms with Crippen LogP contribution in [0.25, 0.3) is 0 Å². The summed E-state index contributed by atoms with van der Waals surface area (Å²) in [5.74, 6) is -1.31. The Morgan fingerprint density at radius 1 is 1.30 bits per heavy atom. The summed E-state index contributed by atoms with van der Waals surface area (Å²) in [4.78, 5) is 23.4. The fourth-order valence-electron chi connectivity index (χ4n) is 1.62. The molecule has 1 rings (SSSR count). The van der Waals surface area contributed by atoms with Gasteiger partial charge in [0.1, 0.15) is 6.04 Å². The zero-order valence-electron chi connectivity index (χ0n) is 10.8. The van der Waals surface area contributed by atoms with Crippen molar-refractivity contribution in [2.24, 2.45) is 0 Å². The van der Waals surface area contributed by atoms with Gasteiger partial charge in [0.2, 0.25) is 0 Å². The van der Waals surface area contributed by atoms with Crippen molar-refractivity contribution >= 4 is 79.6 Å². The third-order valence-corrected chi connectivity index (χ3v) is 6.36. The summed E-state index contributed by atoms with van der Waals surface area (Å²) >= 11 is 6.43. The maximum absolute atomic E-state index is 12.3.